The Labute approximate surface area is 346 Å². The molecule has 14 nitrogen and oxygen atoms in total. The van der Waals surface area contributed by atoms with Crippen molar-refractivity contribution in [2.45, 2.75) is 44.8 Å². The first-order valence-electron chi connectivity index (χ1n) is 18.9. The number of pyridine rings is 1. The van der Waals surface area contributed by atoms with Gasteiger partial charge in [0.05, 0.1) is 30.7 Å². The number of aromatic nitrogens is 1. The molecule has 316 valence electrons. The number of nitrogens with zero attached hydrogens (tertiary/aromatic N) is 4. The Morgan fingerprint density at radius 1 is 0.931 bits per heavy atom. The molecule has 0 radical (unpaired) electrons. The molecular weight excluding hydrogens is 825 g/mol. The van der Waals surface area contributed by atoms with E-state index < -0.39 is 41.3 Å². The molecule has 0 unspecified atom stereocenters. The highest BCUT2D eigenvalue weighted by atomic mass is 35.5. The lowest BCUT2D eigenvalue weighted by atomic mass is 10.0. The predicted octanol–water partition coefficient (Wildman–Crippen LogP) is 5.50. The van der Waals surface area contributed by atoms with Crippen molar-refractivity contribution in [3.05, 3.63) is 80.7 Å². The number of halogens is 4. The summed E-state index contributed by atoms with van der Waals surface area (Å²) < 4.78 is 82.0. The Bertz CT molecular complexity index is 2030. The summed E-state index contributed by atoms with van der Waals surface area (Å²) in [5.74, 6) is -1.34. The number of ether oxygens (including phenoxy) is 5. The number of hydrogen-bond acceptors (Lipinski definition) is 12. The molecule has 0 N–H and O–H groups in total. The van der Waals surface area contributed by atoms with Gasteiger partial charge in [-0.3, -0.25) is 9.21 Å². The number of alkyl halides is 2. The topological polar surface area (TPSA) is 151 Å². The van der Waals surface area contributed by atoms with Gasteiger partial charge < -0.3 is 33.8 Å². The second-order valence-electron chi connectivity index (χ2n) is 14.8. The third-order valence-electron chi connectivity index (χ3n) is 10.0. The lowest BCUT2D eigenvalue weighted by molar-refractivity contribution is -0.605. The summed E-state index contributed by atoms with van der Waals surface area (Å²) in [7, 11) is -1.71. The summed E-state index contributed by atoms with van der Waals surface area (Å²) in [4.78, 5) is 31.1. The van der Waals surface area contributed by atoms with Gasteiger partial charge in [-0.2, -0.15) is 13.5 Å². The van der Waals surface area contributed by atoms with E-state index in [0.717, 1.165) is 70.5 Å². The fraction of sp³-hybridized carbons (Fsp3) is 0.513. The van der Waals surface area contributed by atoms with Crippen LogP contribution in [-0.2, 0) is 30.7 Å². The molecule has 2 saturated carbocycles. The number of rotatable bonds is 20. The molecule has 6 rings (SSSR count). The van der Waals surface area contributed by atoms with Gasteiger partial charge in [-0.25, -0.2) is 18.0 Å². The van der Waals surface area contributed by atoms with Crippen molar-refractivity contribution < 1.29 is 55.2 Å². The average Bonchev–Trinajstić information content (AvgIpc) is 4.10. The molecular formula is C39H46Cl2F2N4O10S. The Kier molecular flexibility index (Phi) is 14.4. The molecule has 1 aliphatic heterocycles. The molecule has 0 spiro atoms. The van der Waals surface area contributed by atoms with Gasteiger partial charge in [-0.05, 0) is 80.5 Å². The third kappa shape index (κ3) is 12.4. The summed E-state index contributed by atoms with van der Waals surface area (Å²) in [5, 5.41) is 11.9. The molecule has 58 heavy (non-hydrogen) atoms. The maximum absolute atomic E-state index is 13.4. The zero-order chi connectivity index (χ0) is 41.6. The van der Waals surface area contributed by atoms with Gasteiger partial charge in [0.25, 0.3) is 0 Å². The summed E-state index contributed by atoms with van der Waals surface area (Å²) in [6, 6.07) is 8.35. The number of piperazine rings is 1. The second kappa shape index (κ2) is 19.3. The molecule has 1 aromatic heterocycles. The Morgan fingerprint density at radius 2 is 1.57 bits per heavy atom. The number of esters is 2. The molecule has 1 saturated heterocycles. The number of carbonyl (C=O) groups excluding carboxylic acids is 2. The number of hydrogen-bond donors (Lipinski definition) is 0. The van der Waals surface area contributed by atoms with E-state index in [2.05, 4.69) is 14.5 Å². The number of sulfonamides is 1. The summed E-state index contributed by atoms with van der Waals surface area (Å²) in [5.41, 5.74) is 0.827. The van der Waals surface area contributed by atoms with Crippen LogP contribution in [0.4, 0.5) is 14.5 Å². The van der Waals surface area contributed by atoms with E-state index >= 15 is 0 Å². The van der Waals surface area contributed by atoms with Crippen LogP contribution in [0, 0.1) is 17.0 Å². The van der Waals surface area contributed by atoms with Crippen LogP contribution in [0.3, 0.4) is 0 Å². The summed E-state index contributed by atoms with van der Waals surface area (Å²) in [6.45, 7) is 0.667. The minimum Gasteiger partial charge on any atom is -0.619 e. The molecule has 3 aromatic rings. The van der Waals surface area contributed by atoms with E-state index in [-0.39, 0.29) is 75.2 Å². The first kappa shape index (κ1) is 43.4. The summed E-state index contributed by atoms with van der Waals surface area (Å²) >= 11 is 12.7. The van der Waals surface area contributed by atoms with Crippen LogP contribution in [0.25, 0.3) is 0 Å². The van der Waals surface area contributed by atoms with Crippen LogP contribution in [0.5, 0.6) is 17.2 Å². The van der Waals surface area contributed by atoms with Crippen molar-refractivity contribution in [3.8, 4) is 17.2 Å². The van der Waals surface area contributed by atoms with Crippen molar-refractivity contribution in [2.75, 3.05) is 76.7 Å². The lowest BCUT2D eigenvalue weighted by Gasteiger charge is -2.34. The summed E-state index contributed by atoms with van der Waals surface area (Å²) in [6.07, 6.45) is 5.75. The molecule has 0 bridgehead atoms. The van der Waals surface area contributed by atoms with Gasteiger partial charge in [-0.15, -0.1) is 0 Å². The average molecular weight is 872 g/mol. The van der Waals surface area contributed by atoms with Gasteiger partial charge in [0.2, 0.25) is 10.0 Å². The smallest absolute Gasteiger partial charge is 0.387 e. The van der Waals surface area contributed by atoms with E-state index in [9.17, 15) is 32.0 Å². The first-order chi connectivity index (χ1) is 27.6. The number of likely N-dealkylation sites (N-methyl/N-ethyl adjacent to an activating group) is 1. The number of anilines is 1. The van der Waals surface area contributed by atoms with Crippen LogP contribution in [0.1, 0.15) is 53.3 Å². The van der Waals surface area contributed by atoms with Crippen LogP contribution >= 0.6 is 23.2 Å². The van der Waals surface area contributed by atoms with Gasteiger partial charge in [0.15, 0.2) is 30.5 Å². The van der Waals surface area contributed by atoms with Crippen molar-refractivity contribution >= 4 is 50.9 Å². The molecule has 2 aliphatic carbocycles. The van der Waals surface area contributed by atoms with Crippen LogP contribution in [0.15, 0.2) is 48.8 Å². The Hall–Kier alpha value is -4.16. The van der Waals surface area contributed by atoms with Crippen molar-refractivity contribution in [1.29, 1.82) is 0 Å². The van der Waals surface area contributed by atoms with E-state index in [1.807, 2.05) is 7.05 Å². The van der Waals surface area contributed by atoms with Crippen molar-refractivity contribution in [3.63, 3.8) is 0 Å². The van der Waals surface area contributed by atoms with Crippen LogP contribution < -0.4 is 23.2 Å². The molecule has 19 heteroatoms. The molecule has 3 fully saturated rings. The molecule has 0 amide bonds. The van der Waals surface area contributed by atoms with Crippen molar-refractivity contribution in [2.24, 2.45) is 11.8 Å². The Morgan fingerprint density at radius 3 is 2.17 bits per heavy atom. The zero-order valence-corrected chi connectivity index (χ0v) is 34.4. The second-order valence-corrected chi connectivity index (χ2v) is 17.5. The van der Waals surface area contributed by atoms with E-state index in [4.69, 9.17) is 42.1 Å². The van der Waals surface area contributed by atoms with Crippen LogP contribution in [0.2, 0.25) is 10.0 Å². The number of benzene rings is 2. The van der Waals surface area contributed by atoms with Gasteiger partial charge in [-0.1, -0.05) is 29.3 Å². The molecule has 3 aliphatic rings. The fourth-order valence-electron chi connectivity index (χ4n) is 6.29. The van der Waals surface area contributed by atoms with Crippen molar-refractivity contribution in [1.82, 2.24) is 9.80 Å². The maximum atomic E-state index is 13.4. The first-order valence-corrected chi connectivity index (χ1v) is 21.5. The van der Waals surface area contributed by atoms with Gasteiger partial charge in [0, 0.05) is 51.3 Å². The SMILES string of the molecule is CN1CCN(CCN(c2ccc(C(=O)OCC(=O)O[C@@H](Cc3c(Cl)c[n+]([O-])cc3Cl)c3ccc(OC(F)F)c(OCC4CC4)c3)cc2OCC2CC2)S(C)(=O)=O)CC1. The predicted molar refractivity (Wildman–Crippen MR) is 210 cm³/mol. The van der Waals surface area contributed by atoms with E-state index in [1.165, 1.54) is 40.7 Å². The quantitative estimate of drug-likeness (QED) is 0.0801. The highest BCUT2D eigenvalue weighted by molar-refractivity contribution is 7.92. The third-order valence-corrected chi connectivity index (χ3v) is 11.9. The minimum absolute atomic E-state index is 0.00300. The molecule has 2 heterocycles. The standard InChI is InChI=1S/C39H46Cl2F2N4O10S/c1-44-11-13-45(14-12-44)15-16-47(58(2,51)52)32-9-7-28(18-35(32)53-22-25-3-4-25)38(49)55-24-37(48)56-34(19-29-30(40)20-46(50)21-31(29)41)27-8-10-33(57-39(42)43)36(17-27)54-23-26-5-6-26/h7-10,17-18,20-21,25-26,34,39H,3-6,11-16,19,22-24H2,1-2H3/t34-/m0/s1. The maximum Gasteiger partial charge on any atom is 0.387 e. The lowest BCUT2D eigenvalue weighted by Crippen LogP contribution is -2.47. The Balaban J connectivity index is 1.18. The molecule has 1 atom stereocenters. The van der Waals surface area contributed by atoms with Gasteiger partial charge >= 0.3 is 18.6 Å². The molecule has 2 aromatic carbocycles. The largest absolute Gasteiger partial charge is 0.619 e. The normalized spacial score (nSPS) is 16.8. The van der Waals surface area contributed by atoms with E-state index in [0.29, 0.717) is 23.8 Å². The van der Waals surface area contributed by atoms with E-state index in [1.54, 1.807) is 0 Å². The van der Waals surface area contributed by atoms with Crippen LogP contribution in [-0.4, -0.2) is 109 Å². The van der Waals surface area contributed by atoms with Gasteiger partial charge in [0.1, 0.15) is 21.9 Å². The highest BCUT2D eigenvalue weighted by Crippen LogP contribution is 2.39. The monoisotopic (exact) mass is 870 g/mol. The highest BCUT2D eigenvalue weighted by Gasteiger charge is 2.29. The number of carbonyl (C=O) groups is 2. The minimum atomic E-state index is -3.75. The zero-order valence-electron chi connectivity index (χ0n) is 32.1. The fourth-order valence-corrected chi connectivity index (χ4v) is 7.81.